The normalized spacial score (nSPS) is 25.4. The number of ether oxygens (including phenoxy) is 4. The van der Waals surface area contributed by atoms with E-state index in [0.29, 0.717) is 12.3 Å². The van der Waals surface area contributed by atoms with Crippen LogP contribution in [0.3, 0.4) is 0 Å². The summed E-state index contributed by atoms with van der Waals surface area (Å²) in [6.45, 7) is 7.75. The van der Waals surface area contributed by atoms with Gasteiger partial charge in [0.25, 0.3) is 0 Å². The highest BCUT2D eigenvalue weighted by Gasteiger charge is 2.55. The molecule has 2 aliphatic rings. The van der Waals surface area contributed by atoms with Crippen LogP contribution in [0.4, 0.5) is 4.79 Å². The lowest BCUT2D eigenvalue weighted by atomic mass is 9.93. The zero-order valence-electron chi connectivity index (χ0n) is 17.8. The van der Waals surface area contributed by atoms with Gasteiger partial charge >= 0.3 is 17.3 Å². The second kappa shape index (κ2) is 9.20. The van der Waals surface area contributed by atoms with Crippen molar-refractivity contribution in [3.05, 3.63) is 30.3 Å². The van der Waals surface area contributed by atoms with E-state index < -0.39 is 23.7 Å². The first-order chi connectivity index (χ1) is 14.2. The minimum Gasteiger partial charge on any atom is -0.464 e. The van der Waals surface area contributed by atoms with E-state index >= 15 is 0 Å². The summed E-state index contributed by atoms with van der Waals surface area (Å²) in [5.74, 6) is 0.0770. The van der Waals surface area contributed by atoms with Crippen molar-refractivity contribution >= 4 is 29.5 Å². The SMILES string of the molecule is CCOC(=O)[C@@H]1[C@H]2CCC(OC(=S)Oc3ccccc3)[C@H]2CN1C(=O)OC(C)(C)C. The van der Waals surface area contributed by atoms with Gasteiger partial charge < -0.3 is 18.9 Å². The molecule has 1 aromatic rings. The van der Waals surface area contributed by atoms with E-state index in [1.165, 1.54) is 4.90 Å². The van der Waals surface area contributed by atoms with E-state index in [1.54, 1.807) is 39.8 Å². The molecule has 164 valence electrons. The summed E-state index contributed by atoms with van der Waals surface area (Å²) in [6.07, 6.45) is 0.699. The number of fused-ring (bicyclic) bond motifs is 1. The Bertz CT molecular complexity index is 778. The van der Waals surface area contributed by atoms with E-state index in [-0.39, 0.29) is 29.8 Å². The number of likely N-dealkylation sites (tertiary alicyclic amines) is 1. The maximum Gasteiger partial charge on any atom is 0.411 e. The highest BCUT2D eigenvalue weighted by atomic mass is 32.1. The molecule has 8 heteroatoms. The second-order valence-electron chi connectivity index (χ2n) is 8.56. The number of carbonyl (C=O) groups is 2. The van der Waals surface area contributed by atoms with Crippen molar-refractivity contribution in [3.63, 3.8) is 0 Å². The van der Waals surface area contributed by atoms with Crippen molar-refractivity contribution in [2.75, 3.05) is 13.2 Å². The zero-order chi connectivity index (χ0) is 21.9. The van der Waals surface area contributed by atoms with Crippen LogP contribution in [0.5, 0.6) is 5.75 Å². The second-order valence-corrected chi connectivity index (χ2v) is 8.89. The van der Waals surface area contributed by atoms with Crippen molar-refractivity contribution in [2.45, 2.75) is 58.3 Å². The van der Waals surface area contributed by atoms with Gasteiger partial charge in [-0.2, -0.15) is 0 Å². The van der Waals surface area contributed by atoms with Crippen LogP contribution in [0.1, 0.15) is 40.5 Å². The molecule has 0 bridgehead atoms. The predicted octanol–water partition coefficient (Wildman–Crippen LogP) is 3.94. The van der Waals surface area contributed by atoms with E-state index in [4.69, 9.17) is 31.2 Å². The summed E-state index contributed by atoms with van der Waals surface area (Å²) in [4.78, 5) is 26.9. The summed E-state index contributed by atoms with van der Waals surface area (Å²) < 4.78 is 22.3. The molecule has 30 heavy (non-hydrogen) atoms. The molecule has 4 atom stereocenters. The third-order valence-electron chi connectivity index (χ3n) is 5.31. The zero-order valence-corrected chi connectivity index (χ0v) is 18.6. The van der Waals surface area contributed by atoms with Crippen LogP contribution >= 0.6 is 12.2 Å². The lowest BCUT2D eigenvalue weighted by molar-refractivity contribution is -0.149. The molecule has 7 nitrogen and oxygen atoms in total. The monoisotopic (exact) mass is 435 g/mol. The van der Waals surface area contributed by atoms with Crippen LogP contribution in [0.15, 0.2) is 30.3 Å². The van der Waals surface area contributed by atoms with Gasteiger partial charge in [-0.25, -0.2) is 9.59 Å². The van der Waals surface area contributed by atoms with Gasteiger partial charge in [0.1, 0.15) is 23.5 Å². The Morgan fingerprint density at radius 3 is 2.47 bits per heavy atom. The number of hydrogen-bond acceptors (Lipinski definition) is 7. The van der Waals surface area contributed by atoms with Gasteiger partial charge in [-0.3, -0.25) is 4.90 Å². The molecular formula is C22H29NO6S. The Kier molecular flexibility index (Phi) is 6.85. The van der Waals surface area contributed by atoms with E-state index in [9.17, 15) is 9.59 Å². The maximum absolute atomic E-state index is 12.8. The van der Waals surface area contributed by atoms with Crippen molar-refractivity contribution in [2.24, 2.45) is 11.8 Å². The fourth-order valence-corrected chi connectivity index (χ4v) is 4.41. The van der Waals surface area contributed by atoms with Crippen LogP contribution in [0.2, 0.25) is 0 Å². The molecule has 1 amide bonds. The maximum atomic E-state index is 12.8. The summed E-state index contributed by atoms with van der Waals surface area (Å²) in [7, 11) is 0. The van der Waals surface area contributed by atoms with Crippen LogP contribution < -0.4 is 4.74 Å². The molecule has 3 rings (SSSR count). The highest BCUT2D eigenvalue weighted by molar-refractivity contribution is 7.79. The van der Waals surface area contributed by atoms with Gasteiger partial charge in [0, 0.05) is 24.7 Å². The Hall–Kier alpha value is -2.35. The number of esters is 1. The molecule has 1 aliphatic carbocycles. The van der Waals surface area contributed by atoms with Crippen LogP contribution in [0.25, 0.3) is 0 Å². The van der Waals surface area contributed by atoms with Gasteiger partial charge in [0.05, 0.1) is 6.61 Å². The van der Waals surface area contributed by atoms with E-state index in [1.807, 2.05) is 18.2 Å². The molecule has 1 unspecified atom stereocenters. The molecule has 1 saturated carbocycles. The van der Waals surface area contributed by atoms with Crippen molar-refractivity contribution < 1.29 is 28.5 Å². The van der Waals surface area contributed by atoms with E-state index in [0.717, 1.165) is 12.8 Å². The van der Waals surface area contributed by atoms with Crippen LogP contribution in [-0.4, -0.2) is 53.1 Å². The summed E-state index contributed by atoms with van der Waals surface area (Å²) >= 11 is 5.27. The van der Waals surface area contributed by atoms with Crippen LogP contribution in [0, 0.1) is 11.8 Å². The van der Waals surface area contributed by atoms with Gasteiger partial charge in [0.2, 0.25) is 0 Å². The largest absolute Gasteiger partial charge is 0.464 e. The molecule has 0 N–H and O–H groups in total. The third-order valence-corrected chi connectivity index (χ3v) is 5.49. The number of thiocarbonyl (C=S) groups is 1. The van der Waals surface area contributed by atoms with Crippen LogP contribution in [-0.2, 0) is 19.0 Å². The molecule has 0 spiro atoms. The summed E-state index contributed by atoms with van der Waals surface area (Å²) in [6, 6.07) is 8.50. The molecule has 0 aromatic heterocycles. The minimum atomic E-state index is -0.679. The molecule has 1 aromatic carbocycles. The number of amides is 1. The molecular weight excluding hydrogens is 406 g/mol. The number of para-hydroxylation sites is 1. The number of rotatable bonds is 4. The number of hydrogen-bond donors (Lipinski definition) is 0. The number of benzene rings is 1. The fourth-order valence-electron chi connectivity index (χ4n) is 4.19. The van der Waals surface area contributed by atoms with Crippen molar-refractivity contribution in [1.82, 2.24) is 4.90 Å². The molecule has 1 heterocycles. The van der Waals surface area contributed by atoms with Gasteiger partial charge in [-0.15, -0.1) is 0 Å². The molecule has 0 radical (unpaired) electrons. The standard InChI is InChI=1S/C22H29NO6S/c1-5-26-19(24)18-15-11-12-17(28-21(30)27-14-9-7-6-8-10-14)16(15)13-23(18)20(25)29-22(2,3)4/h6-10,15-18H,5,11-13H2,1-4H3/t15-,16-,17?,18-/m0/s1. The summed E-state index contributed by atoms with van der Waals surface area (Å²) in [5.41, 5.74) is -0.658. The Labute approximate surface area is 182 Å². The smallest absolute Gasteiger partial charge is 0.411 e. The van der Waals surface area contributed by atoms with Gasteiger partial charge in [-0.1, -0.05) is 18.2 Å². The average molecular weight is 436 g/mol. The topological polar surface area (TPSA) is 74.3 Å². The fraction of sp³-hybridized carbons (Fsp3) is 0.591. The van der Waals surface area contributed by atoms with Crippen molar-refractivity contribution in [3.8, 4) is 5.75 Å². The molecule has 1 aliphatic heterocycles. The highest BCUT2D eigenvalue weighted by Crippen LogP contribution is 2.44. The first kappa shape index (κ1) is 22.3. The molecule has 2 fully saturated rings. The number of nitrogens with zero attached hydrogens (tertiary/aromatic N) is 1. The Balaban J connectivity index is 1.71. The average Bonchev–Trinajstić information content (AvgIpc) is 3.21. The first-order valence-corrected chi connectivity index (χ1v) is 10.7. The number of carbonyl (C=O) groups excluding carboxylic acids is 2. The Morgan fingerprint density at radius 2 is 1.83 bits per heavy atom. The lowest BCUT2D eigenvalue weighted by Crippen LogP contribution is -2.46. The minimum absolute atomic E-state index is 0.0373. The van der Waals surface area contributed by atoms with Gasteiger partial charge in [0.15, 0.2) is 0 Å². The quantitative estimate of drug-likeness (QED) is 0.524. The predicted molar refractivity (Wildman–Crippen MR) is 114 cm³/mol. The summed E-state index contributed by atoms with van der Waals surface area (Å²) in [5, 5.41) is 0.0373. The lowest BCUT2D eigenvalue weighted by Gasteiger charge is -2.29. The van der Waals surface area contributed by atoms with Crippen molar-refractivity contribution in [1.29, 1.82) is 0 Å². The third kappa shape index (κ3) is 5.22. The molecule has 1 saturated heterocycles. The van der Waals surface area contributed by atoms with Gasteiger partial charge in [-0.05, 0) is 58.6 Å². The first-order valence-electron chi connectivity index (χ1n) is 10.3. The Morgan fingerprint density at radius 1 is 1.13 bits per heavy atom. The van der Waals surface area contributed by atoms with E-state index in [2.05, 4.69) is 0 Å².